The molecule has 0 radical (unpaired) electrons. The van der Waals surface area contributed by atoms with E-state index in [0.717, 1.165) is 5.56 Å². The van der Waals surface area contributed by atoms with Gasteiger partial charge in [0.2, 0.25) is 5.88 Å². The van der Waals surface area contributed by atoms with Crippen LogP contribution in [-0.4, -0.2) is 55.9 Å². The highest BCUT2D eigenvalue weighted by Gasteiger charge is 2.25. The molecule has 4 heterocycles. The number of fused-ring (bicyclic) bond motifs is 1. The molecule has 10 nitrogen and oxygen atoms in total. The average Bonchev–Trinajstić information content (AvgIpc) is 3.04. The summed E-state index contributed by atoms with van der Waals surface area (Å²) in [4.78, 5) is 35.6. The molecule has 0 bridgehead atoms. The molecule has 0 amide bonds. The predicted molar refractivity (Wildman–Crippen MR) is 175 cm³/mol. The van der Waals surface area contributed by atoms with Gasteiger partial charge in [-0.2, -0.15) is 5.10 Å². The zero-order chi connectivity index (χ0) is 31.7. The Bertz CT molecular complexity index is 1970. The van der Waals surface area contributed by atoms with Crippen LogP contribution in [0.4, 0.5) is 11.5 Å². The Morgan fingerprint density at radius 2 is 1.73 bits per heavy atom. The summed E-state index contributed by atoms with van der Waals surface area (Å²) in [5.74, 6) is -0.155. The first-order chi connectivity index (χ1) is 21.7. The fourth-order valence-electron chi connectivity index (χ4n) is 5.66. The van der Waals surface area contributed by atoms with Gasteiger partial charge < -0.3 is 15.2 Å². The smallest absolute Gasteiger partial charge is 0.306 e. The molecule has 0 aliphatic carbocycles. The van der Waals surface area contributed by atoms with Crippen molar-refractivity contribution in [2.75, 3.05) is 25.5 Å². The molecule has 1 saturated heterocycles. The Kier molecular flexibility index (Phi) is 8.71. The lowest BCUT2D eigenvalue weighted by Crippen LogP contribution is -2.35. The van der Waals surface area contributed by atoms with Crippen molar-refractivity contribution in [3.05, 3.63) is 93.0 Å². The molecule has 6 rings (SSSR count). The normalized spacial score (nSPS) is 14.0. The highest BCUT2D eigenvalue weighted by atomic mass is 35.5. The van der Waals surface area contributed by atoms with Crippen LogP contribution in [0.5, 0.6) is 5.88 Å². The number of aliphatic carboxylic acids is 1. The van der Waals surface area contributed by atoms with Gasteiger partial charge >= 0.3 is 5.97 Å². The summed E-state index contributed by atoms with van der Waals surface area (Å²) in [6.07, 6.45) is 4.47. The number of ether oxygens (including phenoxy) is 1. The molecule has 45 heavy (non-hydrogen) atoms. The number of aryl methyl sites for hydroxylation is 1. The Hall–Kier alpha value is -4.51. The van der Waals surface area contributed by atoms with E-state index in [0.29, 0.717) is 93.1 Å². The van der Waals surface area contributed by atoms with E-state index in [1.54, 1.807) is 32.6 Å². The number of hydrogen-bond donors (Lipinski definition) is 2. The molecule has 2 aromatic carbocycles. The van der Waals surface area contributed by atoms with Crippen molar-refractivity contribution in [2.45, 2.75) is 19.4 Å². The number of carboxylic acid groups (broad SMARTS) is 1. The number of nitrogens with zero attached hydrogens (tertiary/aromatic N) is 5. The van der Waals surface area contributed by atoms with Gasteiger partial charge in [0.25, 0.3) is 5.56 Å². The molecule has 0 spiro atoms. The van der Waals surface area contributed by atoms with Gasteiger partial charge in [-0.15, -0.1) is 0 Å². The number of halogens is 2. The zero-order valence-electron chi connectivity index (χ0n) is 24.6. The number of pyridine rings is 2. The minimum Gasteiger partial charge on any atom is -0.481 e. The molecule has 0 unspecified atom stereocenters. The fraction of sp³-hybridized carbons (Fsp3) is 0.242. The van der Waals surface area contributed by atoms with E-state index in [-0.39, 0.29) is 11.5 Å². The van der Waals surface area contributed by atoms with Crippen LogP contribution in [0.2, 0.25) is 10.0 Å². The van der Waals surface area contributed by atoms with Crippen LogP contribution < -0.4 is 15.6 Å². The van der Waals surface area contributed by atoms with Gasteiger partial charge in [0.05, 0.1) is 46.0 Å². The van der Waals surface area contributed by atoms with Crippen LogP contribution in [0.15, 0.2) is 71.8 Å². The second-order valence-electron chi connectivity index (χ2n) is 10.9. The van der Waals surface area contributed by atoms with Crippen molar-refractivity contribution in [3.8, 4) is 28.3 Å². The first-order valence-electron chi connectivity index (χ1n) is 14.4. The van der Waals surface area contributed by atoms with Crippen LogP contribution in [0, 0.1) is 5.92 Å². The lowest BCUT2D eigenvalue weighted by molar-refractivity contribution is -0.143. The fourth-order valence-corrected chi connectivity index (χ4v) is 6.26. The Morgan fingerprint density at radius 1 is 1.02 bits per heavy atom. The number of anilines is 2. The maximum Gasteiger partial charge on any atom is 0.306 e. The van der Waals surface area contributed by atoms with Crippen molar-refractivity contribution in [2.24, 2.45) is 13.0 Å². The Labute approximate surface area is 269 Å². The summed E-state index contributed by atoms with van der Waals surface area (Å²) in [6, 6.07) is 16.8. The zero-order valence-corrected chi connectivity index (χ0v) is 26.1. The molecule has 1 aliphatic rings. The van der Waals surface area contributed by atoms with Crippen molar-refractivity contribution >= 4 is 51.4 Å². The second kappa shape index (κ2) is 12.8. The third kappa shape index (κ3) is 6.09. The van der Waals surface area contributed by atoms with Gasteiger partial charge in [0.1, 0.15) is 5.82 Å². The summed E-state index contributed by atoms with van der Waals surface area (Å²) < 4.78 is 6.92. The number of methoxy groups -OCH3 is 1. The summed E-state index contributed by atoms with van der Waals surface area (Å²) in [6.45, 7) is 2.02. The highest BCUT2D eigenvalue weighted by Crippen LogP contribution is 2.42. The molecule has 3 aromatic heterocycles. The number of aromatic nitrogens is 4. The second-order valence-corrected chi connectivity index (χ2v) is 11.7. The van der Waals surface area contributed by atoms with Crippen LogP contribution >= 0.6 is 23.2 Å². The number of piperidine rings is 1. The molecule has 2 N–H and O–H groups in total. The minimum absolute atomic E-state index is 0.275. The van der Waals surface area contributed by atoms with Crippen molar-refractivity contribution < 1.29 is 14.6 Å². The van der Waals surface area contributed by atoms with Gasteiger partial charge in [-0.3, -0.25) is 14.5 Å². The van der Waals surface area contributed by atoms with E-state index < -0.39 is 5.97 Å². The van der Waals surface area contributed by atoms with Crippen LogP contribution in [-0.2, 0) is 18.4 Å². The first kappa shape index (κ1) is 30.5. The molecule has 5 aromatic rings. The van der Waals surface area contributed by atoms with Gasteiger partial charge in [0, 0.05) is 47.4 Å². The molecule has 0 saturated carbocycles. The number of likely N-dealkylation sites (tertiary alicyclic amines) is 1. The van der Waals surface area contributed by atoms with Gasteiger partial charge in [-0.1, -0.05) is 59.6 Å². The Balaban J connectivity index is 1.29. The molecule has 12 heteroatoms. The van der Waals surface area contributed by atoms with Crippen molar-refractivity contribution in [1.29, 1.82) is 0 Å². The summed E-state index contributed by atoms with van der Waals surface area (Å²) in [5, 5.41) is 18.6. The van der Waals surface area contributed by atoms with Gasteiger partial charge in [-0.25, -0.2) is 14.6 Å². The molecular formula is C33H30Cl2N6O4. The lowest BCUT2D eigenvalue weighted by atomic mass is 9.97. The number of benzene rings is 2. The molecule has 230 valence electrons. The van der Waals surface area contributed by atoms with Gasteiger partial charge in [-0.05, 0) is 44.1 Å². The molecular weight excluding hydrogens is 615 g/mol. The van der Waals surface area contributed by atoms with Crippen molar-refractivity contribution in [1.82, 2.24) is 24.6 Å². The van der Waals surface area contributed by atoms with Crippen LogP contribution in [0.3, 0.4) is 0 Å². The van der Waals surface area contributed by atoms with Gasteiger partial charge in [0.15, 0.2) is 0 Å². The lowest BCUT2D eigenvalue weighted by Gasteiger charge is -2.30. The molecule has 0 atom stereocenters. The third-order valence-corrected chi connectivity index (χ3v) is 8.96. The predicted octanol–water partition coefficient (Wildman–Crippen LogP) is 6.41. The maximum atomic E-state index is 12.9. The largest absolute Gasteiger partial charge is 0.481 e. The summed E-state index contributed by atoms with van der Waals surface area (Å²) in [7, 11) is 3.17. The van der Waals surface area contributed by atoms with Crippen LogP contribution in [0.25, 0.3) is 33.2 Å². The van der Waals surface area contributed by atoms with Crippen LogP contribution in [0.1, 0.15) is 18.4 Å². The van der Waals surface area contributed by atoms with E-state index in [2.05, 4.69) is 20.3 Å². The SMILES string of the molecule is COc1nc(-c2cccc(-c3cccc(Nc4nccc5cnn(C)c(=O)c45)c3Cl)c2Cl)ccc1CN1CCC(C(=O)O)CC1. The summed E-state index contributed by atoms with van der Waals surface area (Å²) in [5.41, 5.74) is 3.95. The first-order valence-corrected chi connectivity index (χ1v) is 15.2. The number of carboxylic acids is 1. The topological polar surface area (TPSA) is 122 Å². The highest BCUT2D eigenvalue weighted by molar-refractivity contribution is 6.39. The number of carbonyl (C=O) groups is 1. The number of hydrogen-bond acceptors (Lipinski definition) is 8. The maximum absolute atomic E-state index is 12.9. The van der Waals surface area contributed by atoms with E-state index in [1.165, 1.54) is 4.68 Å². The van der Waals surface area contributed by atoms with E-state index in [9.17, 15) is 14.7 Å². The third-order valence-electron chi connectivity index (χ3n) is 8.14. The number of nitrogens with one attached hydrogen (secondary N) is 1. The average molecular weight is 646 g/mol. The quantitative estimate of drug-likeness (QED) is 0.197. The number of rotatable bonds is 8. The molecule has 1 aliphatic heterocycles. The van der Waals surface area contributed by atoms with Crippen molar-refractivity contribution in [3.63, 3.8) is 0 Å². The standard InChI is InChI=1S/C33H30Cl2N6O4/c1-40-32(42)27-20(17-37-40)11-14-36-30(27)38-26-8-4-6-23(29(26)35)22-5-3-7-24(28(22)34)25-10-9-21(31(39-25)45-2)18-41-15-12-19(13-16-41)33(43)44/h3-11,14,17,19H,12-13,15-16,18H2,1-2H3,(H,36,38)(H,43,44). The van der Waals surface area contributed by atoms with E-state index in [1.807, 2.05) is 48.5 Å². The molecule has 1 fully saturated rings. The summed E-state index contributed by atoms with van der Waals surface area (Å²) >= 11 is 14.0. The minimum atomic E-state index is -0.728. The van der Waals surface area contributed by atoms with E-state index in [4.69, 9.17) is 32.9 Å². The van der Waals surface area contributed by atoms with E-state index >= 15 is 0 Å². The monoisotopic (exact) mass is 644 g/mol. The Morgan fingerprint density at radius 3 is 2.47 bits per heavy atom.